The van der Waals surface area contributed by atoms with Crippen molar-refractivity contribution in [2.45, 2.75) is 32.4 Å². The average Bonchev–Trinajstić information content (AvgIpc) is 3.34. The van der Waals surface area contributed by atoms with Crippen molar-refractivity contribution in [2.75, 3.05) is 20.8 Å². The summed E-state index contributed by atoms with van der Waals surface area (Å²) in [6.07, 6.45) is 2.46. The minimum Gasteiger partial charge on any atom is -0.497 e. The molecule has 0 aliphatic carbocycles. The number of aliphatic hydroxyl groups is 1. The number of nitrogens with zero attached hydrogens (tertiary/aromatic N) is 2. The molecule has 2 heterocycles. The Kier molecular flexibility index (Phi) is 7.90. The van der Waals surface area contributed by atoms with Crippen molar-refractivity contribution in [3.8, 4) is 22.8 Å². The van der Waals surface area contributed by atoms with E-state index in [1.165, 1.54) is 20.3 Å². The summed E-state index contributed by atoms with van der Waals surface area (Å²) in [5.41, 5.74) is 3.09. The van der Waals surface area contributed by atoms with Crippen LogP contribution in [0.1, 0.15) is 35.8 Å². The molecule has 0 aliphatic heterocycles. The fourth-order valence-corrected chi connectivity index (χ4v) is 5.13. The van der Waals surface area contributed by atoms with E-state index in [0.717, 1.165) is 28.6 Å². The van der Waals surface area contributed by atoms with Crippen molar-refractivity contribution in [1.82, 2.24) is 14.9 Å². The van der Waals surface area contributed by atoms with E-state index in [1.807, 2.05) is 24.3 Å². The van der Waals surface area contributed by atoms with Crippen LogP contribution in [-0.2, 0) is 6.42 Å². The van der Waals surface area contributed by atoms with Gasteiger partial charge in [0, 0.05) is 34.1 Å². The Bertz CT molecular complexity index is 1730. The van der Waals surface area contributed by atoms with Crippen LogP contribution < -0.4 is 14.8 Å². The Labute approximate surface area is 236 Å². The van der Waals surface area contributed by atoms with E-state index >= 15 is 0 Å². The number of hydrogen-bond acceptors (Lipinski definition) is 5. The van der Waals surface area contributed by atoms with Crippen LogP contribution in [0.3, 0.4) is 0 Å². The number of halogens is 2. The average molecular weight is 560 g/mol. The van der Waals surface area contributed by atoms with E-state index in [-0.39, 0.29) is 29.5 Å². The Hall–Kier alpha value is -4.50. The predicted molar refractivity (Wildman–Crippen MR) is 155 cm³/mol. The molecular formula is C32H31F2N3O4. The maximum atomic E-state index is 14.5. The summed E-state index contributed by atoms with van der Waals surface area (Å²) < 4.78 is 41.4. The normalized spacial score (nSPS) is 12.2. The van der Waals surface area contributed by atoms with Crippen molar-refractivity contribution < 1.29 is 28.2 Å². The predicted octanol–water partition coefficient (Wildman–Crippen LogP) is 6.07. The lowest BCUT2D eigenvalue weighted by atomic mass is 10.0. The lowest BCUT2D eigenvalue weighted by Gasteiger charge is -2.18. The summed E-state index contributed by atoms with van der Waals surface area (Å²) in [5, 5.41) is 14.8. The topological polar surface area (TPSA) is 85.6 Å². The van der Waals surface area contributed by atoms with Crippen molar-refractivity contribution >= 4 is 27.7 Å². The number of fused-ring (bicyclic) bond motifs is 2. The van der Waals surface area contributed by atoms with Gasteiger partial charge >= 0.3 is 0 Å². The Morgan fingerprint density at radius 1 is 1.00 bits per heavy atom. The second-order valence-electron chi connectivity index (χ2n) is 10.1. The summed E-state index contributed by atoms with van der Waals surface area (Å²) >= 11 is 0. The third-order valence-corrected chi connectivity index (χ3v) is 7.16. The molecule has 0 unspecified atom stereocenters. The molecule has 5 rings (SSSR count). The number of para-hydroxylation sites is 1. The molecule has 5 aromatic rings. The van der Waals surface area contributed by atoms with E-state index in [2.05, 4.69) is 34.9 Å². The lowest BCUT2D eigenvalue weighted by Crippen LogP contribution is -2.39. The first kappa shape index (κ1) is 28.0. The van der Waals surface area contributed by atoms with Gasteiger partial charge < -0.3 is 24.5 Å². The van der Waals surface area contributed by atoms with E-state index < -0.39 is 29.3 Å². The van der Waals surface area contributed by atoms with Crippen LogP contribution in [0.4, 0.5) is 8.78 Å². The van der Waals surface area contributed by atoms with Crippen molar-refractivity contribution in [3.05, 3.63) is 89.6 Å². The Balaban J connectivity index is 1.53. The Morgan fingerprint density at radius 2 is 1.73 bits per heavy atom. The molecule has 0 saturated carbocycles. The summed E-state index contributed by atoms with van der Waals surface area (Å²) in [7, 11) is 2.70. The molecule has 41 heavy (non-hydrogen) atoms. The van der Waals surface area contributed by atoms with Crippen molar-refractivity contribution in [1.29, 1.82) is 0 Å². The molecule has 0 spiro atoms. The van der Waals surface area contributed by atoms with Crippen molar-refractivity contribution in [3.63, 3.8) is 0 Å². The van der Waals surface area contributed by atoms with Gasteiger partial charge in [-0.25, -0.2) is 13.8 Å². The van der Waals surface area contributed by atoms with Gasteiger partial charge in [-0.3, -0.25) is 4.79 Å². The van der Waals surface area contributed by atoms with Crippen LogP contribution >= 0.6 is 0 Å². The molecular weight excluding hydrogens is 528 g/mol. The number of carbonyl (C=O) groups excluding carboxylic acids is 1. The van der Waals surface area contributed by atoms with Gasteiger partial charge in [-0.2, -0.15) is 0 Å². The number of hydrogen-bond donors (Lipinski definition) is 2. The SMILES string of the molecule is COc1ccc2nc(-c3cc(F)c(OC)c(F)c3)cc(C(=O)N[C@@H](CO)Cc3cn(C(C)C)c4ccccc34)c2c1. The molecule has 9 heteroatoms. The standard InChI is InChI=1S/C32H31F2N3O4/c1-18(2)37-16-20(23-7-5-6-8-30(23)37)11-21(17-38)35-32(39)25-15-29(19-12-26(33)31(41-4)27(34)13-19)36-28-10-9-22(40-3)14-24(25)28/h5-10,12-16,18,21,38H,11,17H2,1-4H3,(H,35,39)/t21-/m1/s1. The van der Waals surface area contributed by atoms with E-state index in [0.29, 0.717) is 23.1 Å². The van der Waals surface area contributed by atoms with Crippen LogP contribution in [0, 0.1) is 11.6 Å². The third-order valence-electron chi connectivity index (χ3n) is 7.16. The second-order valence-corrected chi connectivity index (χ2v) is 10.1. The number of methoxy groups -OCH3 is 2. The molecule has 0 bridgehead atoms. The van der Waals surface area contributed by atoms with Gasteiger partial charge in [0.05, 0.1) is 43.6 Å². The van der Waals surface area contributed by atoms with Gasteiger partial charge in [-0.1, -0.05) is 18.2 Å². The first-order valence-electron chi connectivity index (χ1n) is 13.3. The molecule has 0 saturated heterocycles. The van der Waals surface area contributed by atoms with E-state index in [1.54, 1.807) is 18.2 Å². The fourth-order valence-electron chi connectivity index (χ4n) is 5.13. The lowest BCUT2D eigenvalue weighted by molar-refractivity contribution is 0.0918. The van der Waals surface area contributed by atoms with Crippen LogP contribution in [0.5, 0.6) is 11.5 Å². The van der Waals surface area contributed by atoms with Crippen LogP contribution in [0.2, 0.25) is 0 Å². The minimum absolute atomic E-state index is 0.146. The smallest absolute Gasteiger partial charge is 0.252 e. The number of aliphatic hydroxyl groups excluding tert-OH is 1. The highest BCUT2D eigenvalue weighted by Crippen LogP contribution is 2.32. The number of rotatable bonds is 9. The van der Waals surface area contributed by atoms with E-state index in [4.69, 9.17) is 9.47 Å². The van der Waals surface area contributed by atoms with Gasteiger partial charge in [0.25, 0.3) is 5.91 Å². The number of aromatic nitrogens is 2. The number of carbonyl (C=O) groups is 1. The highest BCUT2D eigenvalue weighted by atomic mass is 19.1. The van der Waals surface area contributed by atoms with Gasteiger partial charge in [0.2, 0.25) is 0 Å². The zero-order valence-corrected chi connectivity index (χ0v) is 23.2. The fraction of sp³-hybridized carbons (Fsp3) is 0.250. The number of nitrogens with one attached hydrogen (secondary N) is 1. The number of benzene rings is 3. The first-order valence-corrected chi connectivity index (χ1v) is 13.3. The van der Waals surface area contributed by atoms with Gasteiger partial charge in [-0.05, 0) is 68.3 Å². The summed E-state index contributed by atoms with van der Waals surface area (Å²) in [6, 6.07) is 16.4. The molecule has 1 amide bonds. The summed E-state index contributed by atoms with van der Waals surface area (Å²) in [6.45, 7) is 3.91. The molecule has 1 atom stereocenters. The molecule has 2 aromatic heterocycles. The molecule has 7 nitrogen and oxygen atoms in total. The molecule has 3 aromatic carbocycles. The van der Waals surface area contributed by atoms with Crippen LogP contribution in [0.15, 0.2) is 66.9 Å². The molecule has 0 aliphatic rings. The summed E-state index contributed by atoms with van der Waals surface area (Å²) in [5.74, 6) is -2.21. The highest BCUT2D eigenvalue weighted by molar-refractivity contribution is 6.07. The molecule has 0 radical (unpaired) electrons. The van der Waals surface area contributed by atoms with Crippen LogP contribution in [0.25, 0.3) is 33.1 Å². The molecule has 0 fully saturated rings. The number of ether oxygens (including phenoxy) is 2. The highest BCUT2D eigenvalue weighted by Gasteiger charge is 2.21. The van der Waals surface area contributed by atoms with E-state index in [9.17, 15) is 18.7 Å². The third kappa shape index (κ3) is 5.45. The Morgan fingerprint density at radius 3 is 2.39 bits per heavy atom. The minimum atomic E-state index is -0.883. The first-order chi connectivity index (χ1) is 19.7. The monoisotopic (exact) mass is 559 g/mol. The zero-order chi connectivity index (χ0) is 29.3. The van der Waals surface area contributed by atoms with Crippen LogP contribution in [-0.4, -0.2) is 47.4 Å². The van der Waals surface area contributed by atoms with Gasteiger partial charge in [0.15, 0.2) is 17.4 Å². The van der Waals surface area contributed by atoms with Crippen molar-refractivity contribution in [2.24, 2.45) is 0 Å². The largest absolute Gasteiger partial charge is 0.497 e. The maximum Gasteiger partial charge on any atom is 0.252 e. The molecule has 212 valence electrons. The number of amides is 1. The second kappa shape index (κ2) is 11.5. The molecule has 2 N–H and O–H groups in total. The quantitative estimate of drug-likeness (QED) is 0.229. The summed E-state index contributed by atoms with van der Waals surface area (Å²) in [4.78, 5) is 18.3. The van der Waals surface area contributed by atoms with Gasteiger partial charge in [-0.15, -0.1) is 0 Å². The van der Waals surface area contributed by atoms with Gasteiger partial charge in [0.1, 0.15) is 5.75 Å². The maximum absolute atomic E-state index is 14.5. The zero-order valence-electron chi connectivity index (χ0n) is 23.2. The number of pyridine rings is 1.